The zero-order valence-electron chi connectivity index (χ0n) is 11.5. The first-order chi connectivity index (χ1) is 8.04. The van der Waals surface area contributed by atoms with Gasteiger partial charge in [0.25, 0.3) is 0 Å². The van der Waals surface area contributed by atoms with E-state index in [9.17, 15) is 0 Å². The predicted octanol–water partition coefficient (Wildman–Crippen LogP) is 2.89. The molecule has 0 saturated carbocycles. The fourth-order valence-electron chi connectivity index (χ4n) is 2.19. The first kappa shape index (κ1) is 14.3. The SMILES string of the molecule is CC(C)CN(CC(C)C)C(CN)c1ccco1. The Morgan fingerprint density at radius 3 is 2.12 bits per heavy atom. The lowest BCUT2D eigenvalue weighted by Crippen LogP contribution is -2.38. The van der Waals surface area contributed by atoms with E-state index in [-0.39, 0.29) is 6.04 Å². The summed E-state index contributed by atoms with van der Waals surface area (Å²) in [7, 11) is 0. The van der Waals surface area contributed by atoms with Crippen LogP contribution >= 0.6 is 0 Å². The van der Waals surface area contributed by atoms with Gasteiger partial charge in [0.1, 0.15) is 5.76 Å². The summed E-state index contributed by atoms with van der Waals surface area (Å²) in [5, 5.41) is 0. The highest BCUT2D eigenvalue weighted by atomic mass is 16.3. The Labute approximate surface area is 105 Å². The first-order valence-electron chi connectivity index (χ1n) is 6.52. The number of rotatable bonds is 7. The lowest BCUT2D eigenvalue weighted by atomic mass is 10.1. The molecule has 0 radical (unpaired) electrons. The fourth-order valence-corrected chi connectivity index (χ4v) is 2.19. The molecule has 0 fully saturated rings. The van der Waals surface area contributed by atoms with E-state index in [0.29, 0.717) is 18.4 Å². The maximum absolute atomic E-state index is 5.91. The quantitative estimate of drug-likeness (QED) is 0.794. The number of nitrogens with two attached hydrogens (primary N) is 1. The van der Waals surface area contributed by atoms with Crippen molar-refractivity contribution in [2.24, 2.45) is 17.6 Å². The Kier molecular flexibility index (Phi) is 5.72. The Hall–Kier alpha value is -0.800. The van der Waals surface area contributed by atoms with Crippen molar-refractivity contribution in [3.05, 3.63) is 24.2 Å². The summed E-state index contributed by atoms with van der Waals surface area (Å²) < 4.78 is 5.51. The molecule has 1 aromatic heterocycles. The maximum Gasteiger partial charge on any atom is 0.122 e. The second-order valence-electron chi connectivity index (χ2n) is 5.51. The zero-order valence-corrected chi connectivity index (χ0v) is 11.5. The molecule has 17 heavy (non-hydrogen) atoms. The van der Waals surface area contributed by atoms with Crippen LogP contribution in [0.15, 0.2) is 22.8 Å². The van der Waals surface area contributed by atoms with Crippen molar-refractivity contribution in [1.29, 1.82) is 0 Å². The summed E-state index contributed by atoms with van der Waals surface area (Å²) in [5.41, 5.74) is 5.91. The molecule has 3 heteroatoms. The molecule has 98 valence electrons. The van der Waals surface area contributed by atoms with E-state index in [1.165, 1.54) is 0 Å². The normalized spacial score (nSPS) is 13.9. The van der Waals surface area contributed by atoms with Gasteiger partial charge in [-0.3, -0.25) is 4.90 Å². The molecule has 0 saturated heterocycles. The minimum Gasteiger partial charge on any atom is -0.468 e. The number of nitrogens with zero attached hydrogens (tertiary/aromatic N) is 1. The largest absolute Gasteiger partial charge is 0.468 e. The van der Waals surface area contributed by atoms with Gasteiger partial charge in [0.15, 0.2) is 0 Å². The highest BCUT2D eigenvalue weighted by Gasteiger charge is 2.22. The van der Waals surface area contributed by atoms with Crippen molar-refractivity contribution in [1.82, 2.24) is 4.90 Å². The van der Waals surface area contributed by atoms with E-state index < -0.39 is 0 Å². The summed E-state index contributed by atoms with van der Waals surface area (Å²) in [5.74, 6) is 2.25. The highest BCUT2D eigenvalue weighted by Crippen LogP contribution is 2.22. The van der Waals surface area contributed by atoms with Gasteiger partial charge in [0.2, 0.25) is 0 Å². The average Bonchev–Trinajstić information content (AvgIpc) is 2.70. The van der Waals surface area contributed by atoms with E-state index in [0.717, 1.165) is 18.8 Å². The van der Waals surface area contributed by atoms with Crippen LogP contribution in [0.1, 0.15) is 39.5 Å². The summed E-state index contributed by atoms with van der Waals surface area (Å²) in [6.07, 6.45) is 1.72. The summed E-state index contributed by atoms with van der Waals surface area (Å²) in [6, 6.07) is 4.15. The Morgan fingerprint density at radius 2 is 1.76 bits per heavy atom. The zero-order chi connectivity index (χ0) is 12.8. The molecule has 1 aromatic rings. The molecule has 0 aliphatic heterocycles. The number of furan rings is 1. The molecule has 0 amide bonds. The third-order valence-corrected chi connectivity index (χ3v) is 2.73. The van der Waals surface area contributed by atoms with Gasteiger partial charge < -0.3 is 10.2 Å². The predicted molar refractivity (Wildman–Crippen MR) is 71.8 cm³/mol. The fraction of sp³-hybridized carbons (Fsp3) is 0.714. The standard InChI is InChI=1S/C14H26N2O/c1-11(2)9-16(10-12(3)4)13(8-15)14-6-5-7-17-14/h5-7,11-13H,8-10,15H2,1-4H3. The Balaban J connectivity index is 2.78. The van der Waals surface area contributed by atoms with Crippen molar-refractivity contribution >= 4 is 0 Å². The van der Waals surface area contributed by atoms with Gasteiger partial charge in [-0.1, -0.05) is 27.7 Å². The van der Waals surface area contributed by atoms with E-state index in [1.807, 2.05) is 12.1 Å². The van der Waals surface area contributed by atoms with Gasteiger partial charge in [-0.05, 0) is 24.0 Å². The monoisotopic (exact) mass is 238 g/mol. The Bertz CT molecular complexity index is 283. The molecule has 0 bridgehead atoms. The average molecular weight is 238 g/mol. The molecule has 1 unspecified atom stereocenters. The van der Waals surface area contributed by atoms with Crippen LogP contribution in [0.5, 0.6) is 0 Å². The molecular weight excluding hydrogens is 212 g/mol. The molecule has 1 rings (SSSR count). The van der Waals surface area contributed by atoms with Crippen LogP contribution < -0.4 is 5.73 Å². The van der Waals surface area contributed by atoms with E-state index >= 15 is 0 Å². The van der Waals surface area contributed by atoms with Crippen molar-refractivity contribution < 1.29 is 4.42 Å². The smallest absolute Gasteiger partial charge is 0.122 e. The number of hydrogen-bond donors (Lipinski definition) is 1. The van der Waals surface area contributed by atoms with E-state index in [2.05, 4.69) is 32.6 Å². The summed E-state index contributed by atoms with van der Waals surface area (Å²) in [4.78, 5) is 2.44. The molecule has 3 nitrogen and oxygen atoms in total. The second-order valence-corrected chi connectivity index (χ2v) is 5.51. The van der Waals surface area contributed by atoms with Crippen LogP contribution in [0.25, 0.3) is 0 Å². The molecule has 0 aliphatic rings. The van der Waals surface area contributed by atoms with Crippen LogP contribution in [0.2, 0.25) is 0 Å². The second kappa shape index (κ2) is 6.82. The van der Waals surface area contributed by atoms with E-state index in [4.69, 9.17) is 10.2 Å². The van der Waals surface area contributed by atoms with E-state index in [1.54, 1.807) is 6.26 Å². The summed E-state index contributed by atoms with van der Waals surface area (Å²) in [6.45, 7) is 11.7. The minimum absolute atomic E-state index is 0.204. The third-order valence-electron chi connectivity index (χ3n) is 2.73. The maximum atomic E-state index is 5.91. The lowest BCUT2D eigenvalue weighted by molar-refractivity contribution is 0.143. The highest BCUT2D eigenvalue weighted by molar-refractivity contribution is 5.05. The number of hydrogen-bond acceptors (Lipinski definition) is 3. The third kappa shape index (κ3) is 4.52. The van der Waals surface area contributed by atoms with Gasteiger partial charge in [-0.2, -0.15) is 0 Å². The minimum atomic E-state index is 0.204. The van der Waals surface area contributed by atoms with Crippen LogP contribution in [-0.4, -0.2) is 24.5 Å². The molecule has 0 spiro atoms. The molecular formula is C14H26N2O. The van der Waals surface area contributed by atoms with Crippen molar-refractivity contribution in [3.63, 3.8) is 0 Å². The van der Waals surface area contributed by atoms with Gasteiger partial charge >= 0.3 is 0 Å². The van der Waals surface area contributed by atoms with Crippen molar-refractivity contribution in [2.75, 3.05) is 19.6 Å². The molecule has 0 aromatic carbocycles. The van der Waals surface area contributed by atoms with Gasteiger partial charge in [0, 0.05) is 19.6 Å². The van der Waals surface area contributed by atoms with Crippen LogP contribution in [-0.2, 0) is 0 Å². The molecule has 1 heterocycles. The molecule has 1 atom stereocenters. The topological polar surface area (TPSA) is 42.4 Å². The van der Waals surface area contributed by atoms with Gasteiger partial charge in [-0.15, -0.1) is 0 Å². The van der Waals surface area contributed by atoms with Crippen LogP contribution in [0.4, 0.5) is 0 Å². The van der Waals surface area contributed by atoms with Crippen molar-refractivity contribution in [3.8, 4) is 0 Å². The first-order valence-corrected chi connectivity index (χ1v) is 6.52. The Morgan fingerprint density at radius 1 is 1.18 bits per heavy atom. The van der Waals surface area contributed by atoms with Crippen LogP contribution in [0.3, 0.4) is 0 Å². The lowest BCUT2D eigenvalue weighted by Gasteiger charge is -2.32. The molecule has 0 aliphatic carbocycles. The van der Waals surface area contributed by atoms with Crippen molar-refractivity contribution in [2.45, 2.75) is 33.7 Å². The van der Waals surface area contributed by atoms with Gasteiger partial charge in [-0.25, -0.2) is 0 Å². The van der Waals surface area contributed by atoms with Crippen LogP contribution in [0, 0.1) is 11.8 Å². The van der Waals surface area contributed by atoms with Gasteiger partial charge in [0.05, 0.1) is 12.3 Å². The summed E-state index contributed by atoms with van der Waals surface area (Å²) >= 11 is 0. The molecule has 2 N–H and O–H groups in total.